The summed E-state index contributed by atoms with van der Waals surface area (Å²) in [5.41, 5.74) is 4.02. The number of aromatic nitrogens is 2. The Balaban J connectivity index is 0. The molecule has 2 heterocycles. The maximum absolute atomic E-state index is 4.22. The monoisotopic (exact) mass is 575 g/mol. The van der Waals surface area contributed by atoms with E-state index in [0.29, 0.717) is 0 Å². The van der Waals surface area contributed by atoms with Gasteiger partial charge in [0.05, 0.1) is 0 Å². The molecule has 0 aliphatic rings. The van der Waals surface area contributed by atoms with Gasteiger partial charge in [0.2, 0.25) is 0 Å². The van der Waals surface area contributed by atoms with Crippen LogP contribution < -0.4 is 0 Å². The van der Waals surface area contributed by atoms with Gasteiger partial charge in [0.25, 0.3) is 0 Å². The predicted molar refractivity (Wildman–Crippen MR) is 126 cm³/mol. The molecule has 0 N–H and O–H groups in total. The average molecular weight is 575 g/mol. The minimum absolute atomic E-state index is 0. The van der Waals surface area contributed by atoms with E-state index in [4.69, 9.17) is 0 Å². The largest absolute Gasteiger partial charge is 0.358 e. The van der Waals surface area contributed by atoms with Crippen LogP contribution in [0.4, 0.5) is 0 Å². The zero-order valence-electron chi connectivity index (χ0n) is 18.2. The summed E-state index contributed by atoms with van der Waals surface area (Å²) in [6, 6.07) is 33.6. The Morgan fingerprint density at radius 2 is 0.967 bits per heavy atom. The van der Waals surface area contributed by atoms with Gasteiger partial charge in [-0.25, -0.2) is 0 Å². The van der Waals surface area contributed by atoms with Gasteiger partial charge in [-0.15, -0.1) is 71.8 Å². The summed E-state index contributed by atoms with van der Waals surface area (Å²) in [5, 5.41) is 0. The van der Waals surface area contributed by atoms with Crippen LogP contribution in [-0.2, 0) is 20.1 Å². The molecule has 0 fully saturated rings. The third-order valence-corrected chi connectivity index (χ3v) is 3.30. The van der Waals surface area contributed by atoms with Gasteiger partial charge in [-0.05, 0) is 23.5 Å². The first-order valence-electron chi connectivity index (χ1n) is 9.11. The van der Waals surface area contributed by atoms with Crippen LogP contribution in [0.2, 0.25) is 0 Å². The summed E-state index contributed by atoms with van der Waals surface area (Å²) in [4.78, 5) is 8.44. The minimum Gasteiger partial charge on any atom is -0.358 e. The summed E-state index contributed by atoms with van der Waals surface area (Å²) in [6.45, 7) is 4.25. The average Bonchev–Trinajstić information content (AvgIpc) is 2.77. The van der Waals surface area contributed by atoms with Gasteiger partial charge in [0.15, 0.2) is 0 Å². The summed E-state index contributed by atoms with van der Waals surface area (Å²) < 4.78 is 0. The molecule has 30 heavy (non-hydrogen) atoms. The number of hydrogen-bond donors (Lipinski definition) is 0. The van der Waals surface area contributed by atoms with Gasteiger partial charge in [-0.3, -0.25) is 0 Å². The van der Waals surface area contributed by atoms with E-state index in [-0.39, 0.29) is 35.0 Å². The maximum atomic E-state index is 4.22. The van der Waals surface area contributed by atoms with Gasteiger partial charge in [-0.2, -0.15) is 0 Å². The van der Waals surface area contributed by atoms with Crippen molar-refractivity contribution in [2.45, 2.75) is 20.3 Å². The summed E-state index contributed by atoms with van der Waals surface area (Å²) in [6.07, 6.45) is 4.83. The topological polar surface area (TPSA) is 25.8 Å². The van der Waals surface area contributed by atoms with E-state index < -0.39 is 0 Å². The summed E-state index contributed by atoms with van der Waals surface area (Å²) >= 11 is 0. The smallest absolute Gasteiger partial charge is 0.0160 e. The van der Waals surface area contributed by atoms with E-state index >= 15 is 0 Å². The van der Waals surface area contributed by atoms with Crippen LogP contribution in [0.15, 0.2) is 97.3 Å². The summed E-state index contributed by atoms with van der Waals surface area (Å²) in [5.74, 6) is 0. The molecule has 0 saturated carbocycles. The first-order chi connectivity index (χ1) is 13.3. The Kier molecular flexibility index (Phi) is 18.2. The fraction of sp³-hybridized carbons (Fsp3) is 0.111. The third kappa shape index (κ3) is 10.8. The van der Waals surface area contributed by atoms with E-state index in [1.165, 1.54) is 6.42 Å². The first-order valence-corrected chi connectivity index (χ1v) is 9.11. The second-order valence-corrected chi connectivity index (χ2v) is 5.69. The van der Waals surface area contributed by atoms with Crippen LogP contribution in [-0.4, -0.2) is 9.97 Å². The van der Waals surface area contributed by atoms with Crippen molar-refractivity contribution in [2.24, 2.45) is 0 Å². The van der Waals surface area contributed by atoms with Gasteiger partial charge < -0.3 is 24.8 Å². The van der Waals surface area contributed by atoms with E-state index in [1.54, 1.807) is 12.4 Å². The molecule has 1 radical (unpaired) electrons. The number of benzene rings is 2. The van der Waals surface area contributed by atoms with Crippen LogP contribution in [0.3, 0.4) is 0 Å². The van der Waals surface area contributed by atoms with E-state index in [0.717, 1.165) is 22.5 Å². The Bertz CT molecular complexity index is 702. The Labute approximate surface area is 196 Å². The second-order valence-electron chi connectivity index (χ2n) is 5.69. The third-order valence-electron chi connectivity index (χ3n) is 3.30. The molecule has 0 saturated heterocycles. The van der Waals surface area contributed by atoms with Crippen LogP contribution in [0, 0.1) is 27.0 Å². The van der Waals surface area contributed by atoms with E-state index in [9.17, 15) is 0 Å². The van der Waals surface area contributed by atoms with Crippen molar-refractivity contribution < 1.29 is 20.1 Å². The standard InChI is InChI=1S/2C11H8N.C3H8.2CH3.Ir/c2*1-2-6-10(7-3-1)11-8-4-5-9-12-11;1-3-2;;;/h2*1-6,8-9H;3H2,1-2H3;2*1H3;/q2*-1;;2*-1;. The minimum atomic E-state index is 0. The molecule has 4 rings (SSSR count). The number of rotatable bonds is 2. The van der Waals surface area contributed by atoms with Crippen molar-refractivity contribution in [3.8, 4) is 22.5 Å². The van der Waals surface area contributed by atoms with Gasteiger partial charge in [0, 0.05) is 32.5 Å². The summed E-state index contributed by atoms with van der Waals surface area (Å²) in [7, 11) is 0. The van der Waals surface area contributed by atoms with Crippen LogP contribution >= 0.6 is 0 Å². The van der Waals surface area contributed by atoms with Crippen LogP contribution in [0.25, 0.3) is 22.5 Å². The molecule has 0 atom stereocenters. The van der Waals surface area contributed by atoms with Crippen LogP contribution in [0.1, 0.15) is 20.3 Å². The van der Waals surface area contributed by atoms with Crippen molar-refractivity contribution in [1.82, 2.24) is 9.97 Å². The van der Waals surface area contributed by atoms with E-state index in [2.05, 4.69) is 35.9 Å². The van der Waals surface area contributed by atoms with Gasteiger partial charge in [0.1, 0.15) is 0 Å². The number of pyridine rings is 2. The Morgan fingerprint density at radius 1 is 0.600 bits per heavy atom. The number of nitrogens with zero attached hydrogens (tertiary/aromatic N) is 2. The number of hydrogen-bond acceptors (Lipinski definition) is 2. The van der Waals surface area contributed by atoms with Crippen LogP contribution in [0.5, 0.6) is 0 Å². The Hall–Kier alpha value is -2.61. The molecule has 0 aliphatic heterocycles. The van der Waals surface area contributed by atoms with Crippen molar-refractivity contribution in [3.05, 3.63) is 124 Å². The molecule has 0 aliphatic carbocycles. The fourth-order valence-electron chi connectivity index (χ4n) is 2.15. The molecule has 0 spiro atoms. The molecule has 2 nitrogen and oxygen atoms in total. The molecule has 161 valence electrons. The quantitative estimate of drug-likeness (QED) is 0.233. The molecule has 4 aromatic rings. The molecule has 0 unspecified atom stereocenters. The van der Waals surface area contributed by atoms with E-state index in [1.807, 2.05) is 84.9 Å². The Morgan fingerprint density at radius 3 is 1.23 bits per heavy atom. The molecule has 3 heteroatoms. The SMILES string of the molecule is CCC.[CH3-].[CH3-].[Ir].[c-]1ccccc1-c1ccccn1.[c-]1ccccc1-c1ccccn1. The van der Waals surface area contributed by atoms with Crippen molar-refractivity contribution in [3.63, 3.8) is 0 Å². The van der Waals surface area contributed by atoms with Gasteiger partial charge >= 0.3 is 0 Å². The normalized spacial score (nSPS) is 8.33. The van der Waals surface area contributed by atoms with Gasteiger partial charge in [-0.1, -0.05) is 44.5 Å². The first kappa shape index (κ1) is 29.6. The second kappa shape index (κ2) is 18.4. The fourth-order valence-corrected chi connectivity index (χ4v) is 2.15. The maximum Gasteiger partial charge on any atom is 0.0160 e. The molecule has 2 aromatic heterocycles. The zero-order valence-corrected chi connectivity index (χ0v) is 20.6. The van der Waals surface area contributed by atoms with Crippen molar-refractivity contribution in [2.75, 3.05) is 0 Å². The van der Waals surface area contributed by atoms with Crippen molar-refractivity contribution >= 4 is 0 Å². The molecule has 2 aromatic carbocycles. The molecule has 0 amide bonds. The predicted octanol–water partition coefficient (Wildman–Crippen LogP) is 7.41. The molecule has 0 bridgehead atoms. The molecular formula is C27H30IrN2-4. The molecular weight excluding hydrogens is 545 g/mol. The van der Waals surface area contributed by atoms with Crippen molar-refractivity contribution in [1.29, 1.82) is 0 Å². The zero-order chi connectivity index (χ0) is 19.2.